The summed E-state index contributed by atoms with van der Waals surface area (Å²) in [5.74, 6) is -3.59. The lowest BCUT2D eigenvalue weighted by Gasteiger charge is -2.16. The number of nitrogens with two attached hydrogens (primary N) is 3. The third kappa shape index (κ3) is 6.43. The van der Waals surface area contributed by atoms with Gasteiger partial charge in [0.15, 0.2) is 0 Å². The molecule has 0 aliphatic rings. The van der Waals surface area contributed by atoms with Crippen molar-refractivity contribution in [1.82, 2.24) is 5.32 Å². The van der Waals surface area contributed by atoms with Crippen LogP contribution in [0.3, 0.4) is 0 Å². The molecule has 0 unspecified atom stereocenters. The van der Waals surface area contributed by atoms with E-state index < -0.39 is 42.2 Å². The lowest BCUT2D eigenvalue weighted by atomic mass is 10.1. The van der Waals surface area contributed by atoms with Crippen LogP contribution in [0, 0.1) is 0 Å². The predicted molar refractivity (Wildman–Crippen MR) is 59.8 cm³/mol. The highest BCUT2D eigenvalue weighted by Crippen LogP contribution is 1.97. The maximum Gasteiger partial charge on any atom is 0.303 e. The molecular weight excluding hydrogens is 244 g/mol. The Morgan fingerprint density at radius 3 is 2.11 bits per heavy atom. The van der Waals surface area contributed by atoms with Crippen LogP contribution in [0.15, 0.2) is 0 Å². The first kappa shape index (κ1) is 15.8. The Morgan fingerprint density at radius 2 is 1.72 bits per heavy atom. The summed E-state index contributed by atoms with van der Waals surface area (Å²) in [5, 5.41) is 10.5. The van der Waals surface area contributed by atoms with Gasteiger partial charge in [0.1, 0.15) is 6.04 Å². The highest BCUT2D eigenvalue weighted by molar-refractivity contribution is 5.92. The van der Waals surface area contributed by atoms with Crippen LogP contribution >= 0.6 is 0 Å². The number of carbonyl (C=O) groups excluding carboxylic acids is 3. The summed E-state index contributed by atoms with van der Waals surface area (Å²) in [6.07, 6.45) is -0.818. The Kier molecular flexibility index (Phi) is 6.35. The normalized spacial score (nSPS) is 13.4. The van der Waals surface area contributed by atoms with Gasteiger partial charge in [-0.25, -0.2) is 0 Å². The molecule has 0 aromatic heterocycles. The summed E-state index contributed by atoms with van der Waals surface area (Å²) in [6, 6.07) is -2.35. The van der Waals surface area contributed by atoms with E-state index in [1.165, 1.54) is 0 Å². The van der Waals surface area contributed by atoms with Gasteiger partial charge in [-0.2, -0.15) is 0 Å². The standard InChI is InChI=1S/C9H16N4O5/c10-4(1-2-7(15)16)9(18)13-5(8(12)17)3-6(11)14/h4-5H,1-3,10H2,(H2,11,14)(H2,12,17)(H,13,18)(H,15,16)/t4-,5-/m0/s1. The molecule has 8 N–H and O–H groups in total. The van der Waals surface area contributed by atoms with Gasteiger partial charge in [0.25, 0.3) is 0 Å². The lowest BCUT2D eigenvalue weighted by Crippen LogP contribution is -2.51. The molecule has 0 aromatic carbocycles. The van der Waals surface area contributed by atoms with Crippen molar-refractivity contribution in [1.29, 1.82) is 0 Å². The van der Waals surface area contributed by atoms with Crippen LogP contribution in [0.25, 0.3) is 0 Å². The number of hydrogen-bond donors (Lipinski definition) is 5. The van der Waals surface area contributed by atoms with Gasteiger partial charge in [-0.1, -0.05) is 0 Å². The van der Waals surface area contributed by atoms with Crippen molar-refractivity contribution in [2.24, 2.45) is 17.2 Å². The number of carbonyl (C=O) groups is 4. The van der Waals surface area contributed by atoms with Crippen molar-refractivity contribution in [3.8, 4) is 0 Å². The molecule has 0 spiro atoms. The van der Waals surface area contributed by atoms with Gasteiger partial charge in [0.2, 0.25) is 17.7 Å². The molecule has 9 nitrogen and oxygen atoms in total. The number of nitrogens with one attached hydrogen (secondary N) is 1. The van der Waals surface area contributed by atoms with Gasteiger partial charge < -0.3 is 27.6 Å². The van der Waals surface area contributed by atoms with Crippen LogP contribution < -0.4 is 22.5 Å². The molecule has 0 rings (SSSR count). The first-order valence-corrected chi connectivity index (χ1v) is 5.09. The van der Waals surface area contributed by atoms with Gasteiger partial charge in [0.05, 0.1) is 12.5 Å². The second-order valence-corrected chi connectivity index (χ2v) is 3.67. The van der Waals surface area contributed by atoms with Gasteiger partial charge >= 0.3 is 5.97 Å². The maximum atomic E-state index is 11.5. The monoisotopic (exact) mass is 260 g/mol. The van der Waals surface area contributed by atoms with E-state index in [9.17, 15) is 19.2 Å². The van der Waals surface area contributed by atoms with Gasteiger partial charge in [0, 0.05) is 6.42 Å². The SMILES string of the molecule is NC(=O)C[C@H](NC(=O)[C@@H](N)CCC(=O)O)C(N)=O. The molecule has 0 fully saturated rings. The molecule has 0 aliphatic carbocycles. The molecule has 3 amide bonds. The number of carboxylic acid groups (broad SMARTS) is 1. The number of primary amides is 2. The minimum Gasteiger partial charge on any atom is -0.481 e. The Bertz CT molecular complexity index is 357. The van der Waals surface area contributed by atoms with Crippen molar-refractivity contribution in [2.75, 3.05) is 0 Å². The molecule has 0 saturated carbocycles. The zero-order chi connectivity index (χ0) is 14.3. The topological polar surface area (TPSA) is 179 Å². The van der Waals surface area contributed by atoms with Crippen LogP contribution in [0.2, 0.25) is 0 Å². The largest absolute Gasteiger partial charge is 0.481 e. The number of hydrogen-bond acceptors (Lipinski definition) is 5. The number of amides is 3. The number of aliphatic carboxylic acids is 1. The summed E-state index contributed by atoms with van der Waals surface area (Å²) in [6.45, 7) is 0. The molecule has 0 aromatic rings. The van der Waals surface area contributed by atoms with E-state index in [-0.39, 0.29) is 12.8 Å². The summed E-state index contributed by atoms with van der Waals surface area (Å²) < 4.78 is 0. The van der Waals surface area contributed by atoms with Crippen molar-refractivity contribution in [2.45, 2.75) is 31.3 Å². The molecule has 0 bridgehead atoms. The van der Waals surface area contributed by atoms with Crippen LogP contribution in [0.1, 0.15) is 19.3 Å². The average Bonchev–Trinajstić information content (AvgIpc) is 2.23. The van der Waals surface area contributed by atoms with E-state index in [2.05, 4.69) is 5.32 Å². The molecule has 102 valence electrons. The Hall–Kier alpha value is -2.16. The predicted octanol–water partition coefficient (Wildman–Crippen LogP) is -2.98. The van der Waals surface area contributed by atoms with Crippen LogP contribution in [0.4, 0.5) is 0 Å². The number of carboxylic acids is 1. The highest BCUT2D eigenvalue weighted by Gasteiger charge is 2.23. The molecule has 0 heterocycles. The van der Waals surface area contributed by atoms with Gasteiger partial charge in [-0.3, -0.25) is 19.2 Å². The second kappa shape index (κ2) is 7.22. The van der Waals surface area contributed by atoms with Crippen LogP contribution in [-0.4, -0.2) is 40.9 Å². The van der Waals surface area contributed by atoms with E-state index >= 15 is 0 Å². The zero-order valence-electron chi connectivity index (χ0n) is 9.59. The van der Waals surface area contributed by atoms with Crippen LogP contribution in [-0.2, 0) is 19.2 Å². The molecule has 0 saturated heterocycles. The Labute approximate surface area is 103 Å². The van der Waals surface area contributed by atoms with E-state index in [1.54, 1.807) is 0 Å². The zero-order valence-corrected chi connectivity index (χ0v) is 9.59. The first-order valence-electron chi connectivity index (χ1n) is 5.09. The van der Waals surface area contributed by atoms with E-state index in [0.29, 0.717) is 0 Å². The maximum absolute atomic E-state index is 11.5. The summed E-state index contributed by atoms with van der Waals surface area (Å²) in [5.41, 5.74) is 15.2. The number of rotatable bonds is 8. The Morgan fingerprint density at radius 1 is 1.17 bits per heavy atom. The van der Waals surface area contributed by atoms with E-state index in [0.717, 1.165) is 0 Å². The summed E-state index contributed by atoms with van der Waals surface area (Å²) >= 11 is 0. The van der Waals surface area contributed by atoms with Crippen molar-refractivity contribution in [3.05, 3.63) is 0 Å². The molecule has 18 heavy (non-hydrogen) atoms. The molecular formula is C9H16N4O5. The van der Waals surface area contributed by atoms with Crippen molar-refractivity contribution >= 4 is 23.7 Å². The fourth-order valence-corrected chi connectivity index (χ4v) is 1.11. The fraction of sp³-hybridized carbons (Fsp3) is 0.556. The third-order valence-corrected chi connectivity index (χ3v) is 2.07. The molecule has 9 heteroatoms. The quantitative estimate of drug-likeness (QED) is 0.310. The minimum absolute atomic E-state index is 0.0940. The molecule has 2 atom stereocenters. The third-order valence-electron chi connectivity index (χ3n) is 2.07. The lowest BCUT2D eigenvalue weighted by molar-refractivity contribution is -0.137. The van der Waals surface area contributed by atoms with Crippen molar-refractivity contribution < 1.29 is 24.3 Å². The Balaban J connectivity index is 4.36. The minimum atomic E-state index is -1.24. The average molecular weight is 260 g/mol. The van der Waals surface area contributed by atoms with Gasteiger partial charge in [-0.15, -0.1) is 0 Å². The summed E-state index contributed by atoms with van der Waals surface area (Å²) in [7, 11) is 0. The first-order chi connectivity index (χ1) is 8.23. The van der Waals surface area contributed by atoms with E-state index in [1.807, 2.05) is 0 Å². The smallest absolute Gasteiger partial charge is 0.303 e. The molecule has 0 radical (unpaired) electrons. The van der Waals surface area contributed by atoms with Crippen molar-refractivity contribution in [3.63, 3.8) is 0 Å². The summed E-state index contributed by atoms with van der Waals surface area (Å²) in [4.78, 5) is 43.3. The van der Waals surface area contributed by atoms with Gasteiger partial charge in [-0.05, 0) is 6.42 Å². The molecule has 0 aliphatic heterocycles. The second-order valence-electron chi connectivity index (χ2n) is 3.67. The van der Waals surface area contributed by atoms with E-state index in [4.69, 9.17) is 22.3 Å². The van der Waals surface area contributed by atoms with Crippen LogP contribution in [0.5, 0.6) is 0 Å². The fourth-order valence-electron chi connectivity index (χ4n) is 1.11. The highest BCUT2D eigenvalue weighted by atomic mass is 16.4.